The van der Waals surface area contributed by atoms with Gasteiger partial charge in [-0.3, -0.25) is 9.59 Å². The summed E-state index contributed by atoms with van der Waals surface area (Å²) in [6.45, 7) is 5.45. The smallest absolute Gasteiger partial charge is 0.309 e. The number of rotatable bonds is 5. The third-order valence-electron chi connectivity index (χ3n) is 4.31. The minimum atomic E-state index is -0.351. The van der Waals surface area contributed by atoms with Gasteiger partial charge in [-0.2, -0.15) is 5.10 Å². The number of amides is 1. The van der Waals surface area contributed by atoms with Crippen LogP contribution >= 0.6 is 0 Å². The van der Waals surface area contributed by atoms with Gasteiger partial charge in [-0.1, -0.05) is 25.1 Å². The lowest BCUT2D eigenvalue weighted by molar-refractivity contribution is -0.148. The maximum Gasteiger partial charge on any atom is 0.309 e. The minimum absolute atomic E-state index is 0.0397. The molecule has 1 heterocycles. The summed E-state index contributed by atoms with van der Waals surface area (Å²) in [5, 5.41) is 7.27. The molecule has 1 saturated carbocycles. The summed E-state index contributed by atoms with van der Waals surface area (Å²) in [5.74, 6) is -0.308. The molecule has 6 nitrogen and oxygen atoms in total. The Hall–Kier alpha value is -2.63. The Morgan fingerprint density at radius 2 is 1.96 bits per heavy atom. The summed E-state index contributed by atoms with van der Waals surface area (Å²) in [5.41, 5.74) is 3.12. The van der Waals surface area contributed by atoms with Crippen molar-refractivity contribution in [3.8, 4) is 5.69 Å². The first-order chi connectivity index (χ1) is 11.5. The average Bonchev–Trinajstić information content (AvgIpc) is 3.25. The van der Waals surface area contributed by atoms with Crippen LogP contribution < -0.4 is 5.32 Å². The summed E-state index contributed by atoms with van der Waals surface area (Å²) >= 11 is 0. The van der Waals surface area contributed by atoms with Crippen molar-refractivity contribution in [2.75, 3.05) is 11.9 Å². The van der Waals surface area contributed by atoms with E-state index in [-0.39, 0.29) is 24.4 Å². The number of nitrogens with zero attached hydrogens (tertiary/aromatic N) is 2. The predicted molar refractivity (Wildman–Crippen MR) is 89.9 cm³/mol. The first-order valence-electron chi connectivity index (χ1n) is 8.05. The molecule has 0 saturated heterocycles. The van der Waals surface area contributed by atoms with Crippen LogP contribution in [0.1, 0.15) is 24.7 Å². The van der Waals surface area contributed by atoms with Crippen LogP contribution in [0.3, 0.4) is 0 Å². The van der Waals surface area contributed by atoms with Gasteiger partial charge in [0.25, 0.3) is 5.91 Å². The number of hydrogen-bond acceptors (Lipinski definition) is 4. The Bertz CT molecular complexity index is 767. The highest BCUT2D eigenvalue weighted by molar-refractivity contribution is 5.94. The van der Waals surface area contributed by atoms with E-state index in [4.69, 9.17) is 4.74 Å². The lowest BCUT2D eigenvalue weighted by Crippen LogP contribution is -2.22. The molecule has 24 heavy (non-hydrogen) atoms. The number of carbonyl (C=O) groups is 2. The molecule has 0 unspecified atom stereocenters. The Kier molecular flexibility index (Phi) is 4.38. The van der Waals surface area contributed by atoms with Crippen molar-refractivity contribution < 1.29 is 14.3 Å². The van der Waals surface area contributed by atoms with E-state index in [0.29, 0.717) is 17.3 Å². The molecule has 1 aromatic carbocycles. The highest BCUT2D eigenvalue weighted by atomic mass is 16.5. The van der Waals surface area contributed by atoms with Crippen LogP contribution in [0, 0.1) is 25.7 Å². The van der Waals surface area contributed by atoms with Gasteiger partial charge in [-0.25, -0.2) is 4.68 Å². The lowest BCUT2D eigenvalue weighted by atomic mass is 10.3. The number of esters is 1. The molecular weight excluding hydrogens is 306 g/mol. The molecule has 0 bridgehead atoms. The number of benzene rings is 1. The van der Waals surface area contributed by atoms with Crippen molar-refractivity contribution in [3.63, 3.8) is 0 Å². The number of aromatic nitrogens is 2. The lowest BCUT2D eigenvalue weighted by Gasteiger charge is -2.08. The van der Waals surface area contributed by atoms with Gasteiger partial charge in [0.2, 0.25) is 0 Å². The molecule has 1 aromatic heterocycles. The molecule has 2 atom stereocenters. The van der Waals surface area contributed by atoms with Crippen molar-refractivity contribution in [2.24, 2.45) is 11.8 Å². The largest absolute Gasteiger partial charge is 0.455 e. The first kappa shape index (κ1) is 16.2. The molecule has 2 aromatic rings. The zero-order valence-corrected chi connectivity index (χ0v) is 14.1. The van der Waals surface area contributed by atoms with Gasteiger partial charge in [-0.15, -0.1) is 0 Å². The fraction of sp³-hybridized carbons (Fsp3) is 0.389. The first-order valence-corrected chi connectivity index (χ1v) is 8.05. The molecule has 126 valence electrons. The quantitative estimate of drug-likeness (QED) is 0.857. The average molecular weight is 327 g/mol. The third kappa shape index (κ3) is 3.32. The number of aryl methyl sites for hydroxylation is 1. The van der Waals surface area contributed by atoms with Gasteiger partial charge in [0.15, 0.2) is 6.61 Å². The summed E-state index contributed by atoms with van der Waals surface area (Å²) in [7, 11) is 0. The number of carbonyl (C=O) groups excluding carboxylic acids is 2. The molecule has 1 aliphatic carbocycles. The molecule has 1 amide bonds. The summed E-state index contributed by atoms with van der Waals surface area (Å²) in [6.07, 6.45) is 0.850. The maximum absolute atomic E-state index is 12.1. The molecule has 1 N–H and O–H groups in total. The topological polar surface area (TPSA) is 73.2 Å². The molecule has 1 fully saturated rings. The summed E-state index contributed by atoms with van der Waals surface area (Å²) in [4.78, 5) is 23.7. The number of hydrogen-bond donors (Lipinski definition) is 1. The number of anilines is 1. The Morgan fingerprint density at radius 3 is 2.58 bits per heavy atom. The number of para-hydroxylation sites is 1. The summed E-state index contributed by atoms with van der Waals surface area (Å²) < 4.78 is 6.84. The van der Waals surface area contributed by atoms with Crippen LogP contribution in [0.25, 0.3) is 5.69 Å². The second-order valence-corrected chi connectivity index (χ2v) is 6.27. The zero-order chi connectivity index (χ0) is 17.3. The third-order valence-corrected chi connectivity index (χ3v) is 4.31. The van der Waals surface area contributed by atoms with Crippen molar-refractivity contribution in [1.82, 2.24) is 9.78 Å². The maximum atomic E-state index is 12.1. The molecule has 0 radical (unpaired) electrons. The van der Waals surface area contributed by atoms with Gasteiger partial charge in [-0.05, 0) is 38.3 Å². The molecule has 6 heteroatoms. The van der Waals surface area contributed by atoms with Crippen LogP contribution in [0.4, 0.5) is 5.69 Å². The molecular formula is C18H21N3O3. The fourth-order valence-corrected chi connectivity index (χ4v) is 2.71. The van der Waals surface area contributed by atoms with E-state index in [1.807, 2.05) is 51.1 Å². The number of nitrogens with one attached hydrogen (secondary N) is 1. The van der Waals surface area contributed by atoms with Crippen molar-refractivity contribution in [3.05, 3.63) is 41.7 Å². The van der Waals surface area contributed by atoms with E-state index in [2.05, 4.69) is 10.4 Å². The normalized spacial score (nSPS) is 19.0. The van der Waals surface area contributed by atoms with Crippen LogP contribution in [0.15, 0.2) is 30.3 Å². The van der Waals surface area contributed by atoms with Crippen LogP contribution in [-0.4, -0.2) is 28.3 Å². The van der Waals surface area contributed by atoms with Gasteiger partial charge >= 0.3 is 5.97 Å². The van der Waals surface area contributed by atoms with Gasteiger partial charge in [0.05, 0.1) is 28.7 Å². The van der Waals surface area contributed by atoms with Crippen molar-refractivity contribution in [1.29, 1.82) is 0 Å². The van der Waals surface area contributed by atoms with Gasteiger partial charge in [0.1, 0.15) is 0 Å². The predicted octanol–water partition coefficient (Wildman–Crippen LogP) is 2.63. The minimum Gasteiger partial charge on any atom is -0.455 e. The van der Waals surface area contributed by atoms with Crippen molar-refractivity contribution in [2.45, 2.75) is 27.2 Å². The Balaban J connectivity index is 1.65. The highest BCUT2D eigenvalue weighted by Crippen LogP contribution is 2.38. The molecule has 3 rings (SSSR count). The summed E-state index contributed by atoms with van der Waals surface area (Å²) in [6, 6.07) is 9.70. The molecule has 0 aliphatic heterocycles. The zero-order valence-electron chi connectivity index (χ0n) is 14.1. The monoisotopic (exact) mass is 327 g/mol. The standard InChI is InChI=1S/C18H21N3O3/c1-11-9-15(11)18(23)24-10-16(22)19-17-12(2)20-21(13(17)3)14-7-5-4-6-8-14/h4-8,11,15H,9-10H2,1-3H3,(H,19,22)/t11-,15-/m1/s1. The van der Waals surface area contributed by atoms with Gasteiger partial charge < -0.3 is 10.1 Å². The molecule has 0 spiro atoms. The van der Waals surface area contributed by atoms with E-state index in [1.54, 1.807) is 4.68 Å². The van der Waals surface area contributed by atoms with E-state index in [1.165, 1.54) is 0 Å². The molecule has 1 aliphatic rings. The fourth-order valence-electron chi connectivity index (χ4n) is 2.71. The highest BCUT2D eigenvalue weighted by Gasteiger charge is 2.40. The van der Waals surface area contributed by atoms with Crippen molar-refractivity contribution >= 4 is 17.6 Å². The van der Waals surface area contributed by atoms with Crippen LogP contribution in [-0.2, 0) is 14.3 Å². The van der Waals surface area contributed by atoms with E-state index in [9.17, 15) is 9.59 Å². The van der Waals surface area contributed by atoms with Crippen LogP contribution in [0.5, 0.6) is 0 Å². The van der Waals surface area contributed by atoms with E-state index >= 15 is 0 Å². The Labute approximate surface area is 140 Å². The van der Waals surface area contributed by atoms with E-state index < -0.39 is 0 Å². The number of ether oxygens (including phenoxy) is 1. The van der Waals surface area contributed by atoms with E-state index in [0.717, 1.165) is 17.8 Å². The second kappa shape index (κ2) is 6.47. The SMILES string of the molecule is Cc1nn(-c2ccccc2)c(C)c1NC(=O)COC(=O)[C@@H]1C[C@H]1C. The Morgan fingerprint density at radius 1 is 1.29 bits per heavy atom. The second-order valence-electron chi connectivity index (χ2n) is 6.27. The van der Waals surface area contributed by atoms with Gasteiger partial charge in [0, 0.05) is 0 Å². The van der Waals surface area contributed by atoms with Crippen LogP contribution in [0.2, 0.25) is 0 Å².